The maximum Gasteiger partial charge on any atom is 0.208 e. The summed E-state index contributed by atoms with van der Waals surface area (Å²) >= 11 is 0. The lowest BCUT2D eigenvalue weighted by molar-refractivity contribution is -0.125. The molecule has 0 aromatic carbocycles. The first kappa shape index (κ1) is 10.4. The normalized spacial score (nSPS) is 23.3. The average molecular weight is 208 g/mol. The van der Waals surface area contributed by atoms with Gasteiger partial charge in [-0.25, -0.2) is 4.98 Å². The summed E-state index contributed by atoms with van der Waals surface area (Å²) in [5.41, 5.74) is 0. The molecule has 0 radical (unpaired) electrons. The van der Waals surface area contributed by atoms with Crippen LogP contribution in [0, 0.1) is 12.8 Å². The van der Waals surface area contributed by atoms with Gasteiger partial charge in [0.1, 0.15) is 11.5 Å². The van der Waals surface area contributed by atoms with E-state index >= 15 is 0 Å². The molecule has 0 bridgehead atoms. The van der Waals surface area contributed by atoms with E-state index in [0.717, 1.165) is 24.7 Å². The van der Waals surface area contributed by atoms with Gasteiger partial charge < -0.3 is 4.42 Å². The predicted molar refractivity (Wildman–Crippen MR) is 55.3 cm³/mol. The third-order valence-electron chi connectivity index (χ3n) is 2.78. The summed E-state index contributed by atoms with van der Waals surface area (Å²) in [6.07, 6.45) is 2.38. The van der Waals surface area contributed by atoms with Crippen LogP contribution in [-0.4, -0.2) is 28.8 Å². The summed E-state index contributed by atoms with van der Waals surface area (Å²) in [5.74, 6) is 2.10. The van der Waals surface area contributed by atoms with Crippen LogP contribution in [0.4, 0.5) is 0 Å². The van der Waals surface area contributed by atoms with Crippen molar-refractivity contribution in [1.82, 2.24) is 9.88 Å². The molecule has 1 fully saturated rings. The van der Waals surface area contributed by atoms with Gasteiger partial charge in [0.05, 0.1) is 12.7 Å². The molecule has 1 unspecified atom stereocenters. The Hall–Kier alpha value is -1.16. The number of aryl methyl sites for hydroxylation is 1. The third kappa shape index (κ3) is 2.45. The zero-order valence-corrected chi connectivity index (χ0v) is 9.19. The van der Waals surface area contributed by atoms with Crippen LogP contribution in [-0.2, 0) is 11.3 Å². The fourth-order valence-electron chi connectivity index (χ4n) is 1.90. The monoisotopic (exact) mass is 208 g/mol. The Labute approximate surface area is 89.3 Å². The number of rotatable bonds is 2. The van der Waals surface area contributed by atoms with Gasteiger partial charge in [-0.2, -0.15) is 0 Å². The summed E-state index contributed by atoms with van der Waals surface area (Å²) in [6, 6.07) is 0. The lowest BCUT2D eigenvalue weighted by Crippen LogP contribution is -2.39. The highest BCUT2D eigenvalue weighted by atomic mass is 16.4. The van der Waals surface area contributed by atoms with E-state index in [-0.39, 0.29) is 5.92 Å². The van der Waals surface area contributed by atoms with Gasteiger partial charge >= 0.3 is 0 Å². The van der Waals surface area contributed by atoms with E-state index in [0.29, 0.717) is 18.7 Å². The molecule has 0 amide bonds. The van der Waals surface area contributed by atoms with E-state index in [1.807, 2.05) is 13.8 Å². The minimum atomic E-state index is 0.148. The summed E-state index contributed by atoms with van der Waals surface area (Å²) < 4.78 is 5.41. The second kappa shape index (κ2) is 4.14. The number of hydrogen-bond acceptors (Lipinski definition) is 4. The number of likely N-dealkylation sites (tertiary alicyclic amines) is 1. The number of nitrogens with zero attached hydrogens (tertiary/aromatic N) is 2. The number of hydrogen-bond donors (Lipinski definition) is 0. The minimum absolute atomic E-state index is 0.148. The highest BCUT2D eigenvalue weighted by Crippen LogP contribution is 2.15. The molecule has 0 saturated carbocycles. The van der Waals surface area contributed by atoms with Crippen molar-refractivity contribution in [3.8, 4) is 0 Å². The number of Topliss-reactive ketones (excluding diaryl/α,β-unsaturated/α-hetero) is 1. The fourth-order valence-corrected chi connectivity index (χ4v) is 1.90. The SMILES string of the molecule is Cc1cnc(CN2CCC(=O)C(C)C2)o1. The quantitative estimate of drug-likeness (QED) is 0.737. The second-order valence-electron chi connectivity index (χ2n) is 4.22. The van der Waals surface area contributed by atoms with Crippen molar-refractivity contribution in [2.75, 3.05) is 13.1 Å². The molecule has 1 aliphatic heterocycles. The molecule has 1 aliphatic rings. The molecule has 1 aromatic heterocycles. The van der Waals surface area contributed by atoms with Crippen molar-refractivity contribution in [1.29, 1.82) is 0 Å². The number of piperidine rings is 1. The number of carbonyl (C=O) groups excluding carboxylic acids is 1. The third-order valence-corrected chi connectivity index (χ3v) is 2.78. The molecule has 0 spiro atoms. The zero-order chi connectivity index (χ0) is 10.8. The van der Waals surface area contributed by atoms with Crippen molar-refractivity contribution < 1.29 is 9.21 Å². The molecule has 4 nitrogen and oxygen atoms in total. The van der Waals surface area contributed by atoms with Crippen LogP contribution in [0.2, 0.25) is 0 Å². The molecule has 4 heteroatoms. The fraction of sp³-hybridized carbons (Fsp3) is 0.636. The first-order chi connectivity index (χ1) is 7.15. The molecule has 1 atom stereocenters. The van der Waals surface area contributed by atoms with E-state index in [1.54, 1.807) is 6.20 Å². The Kier molecular flexibility index (Phi) is 2.86. The molecule has 0 N–H and O–H groups in total. The first-order valence-electron chi connectivity index (χ1n) is 5.31. The van der Waals surface area contributed by atoms with Crippen molar-refractivity contribution in [2.45, 2.75) is 26.8 Å². The highest BCUT2D eigenvalue weighted by Gasteiger charge is 2.24. The molecular weight excluding hydrogens is 192 g/mol. The van der Waals surface area contributed by atoms with Crippen LogP contribution in [0.5, 0.6) is 0 Å². The van der Waals surface area contributed by atoms with Crippen molar-refractivity contribution in [2.24, 2.45) is 5.92 Å². The lowest BCUT2D eigenvalue weighted by Gasteiger charge is -2.28. The summed E-state index contributed by atoms with van der Waals surface area (Å²) in [5, 5.41) is 0. The largest absolute Gasteiger partial charge is 0.445 e. The highest BCUT2D eigenvalue weighted by molar-refractivity contribution is 5.81. The van der Waals surface area contributed by atoms with Gasteiger partial charge in [0.15, 0.2) is 0 Å². The van der Waals surface area contributed by atoms with Gasteiger partial charge in [0.2, 0.25) is 5.89 Å². The Morgan fingerprint density at radius 2 is 2.47 bits per heavy atom. The van der Waals surface area contributed by atoms with Gasteiger partial charge in [-0.05, 0) is 6.92 Å². The number of carbonyl (C=O) groups is 1. The van der Waals surface area contributed by atoms with E-state index in [1.165, 1.54) is 0 Å². The Balaban J connectivity index is 1.93. The standard InChI is InChI=1S/C11H16N2O2/c1-8-6-13(4-3-10(8)14)7-11-12-5-9(2)15-11/h5,8H,3-4,6-7H2,1-2H3. The molecule has 2 heterocycles. The summed E-state index contributed by atoms with van der Waals surface area (Å²) in [4.78, 5) is 17.7. The Morgan fingerprint density at radius 3 is 3.07 bits per heavy atom. The molecular formula is C11H16N2O2. The average Bonchev–Trinajstić information content (AvgIpc) is 2.58. The summed E-state index contributed by atoms with van der Waals surface area (Å²) in [6.45, 7) is 6.23. The molecule has 2 rings (SSSR count). The molecule has 1 saturated heterocycles. The van der Waals surface area contributed by atoms with Crippen molar-refractivity contribution in [3.63, 3.8) is 0 Å². The van der Waals surface area contributed by atoms with Gasteiger partial charge in [-0.15, -0.1) is 0 Å². The molecule has 0 aliphatic carbocycles. The van der Waals surface area contributed by atoms with Crippen LogP contribution in [0.15, 0.2) is 10.6 Å². The molecule has 15 heavy (non-hydrogen) atoms. The van der Waals surface area contributed by atoms with Crippen LogP contribution in [0.25, 0.3) is 0 Å². The minimum Gasteiger partial charge on any atom is -0.445 e. The van der Waals surface area contributed by atoms with E-state index in [4.69, 9.17) is 4.42 Å². The molecule has 1 aromatic rings. The second-order valence-corrected chi connectivity index (χ2v) is 4.22. The van der Waals surface area contributed by atoms with Crippen molar-refractivity contribution >= 4 is 5.78 Å². The predicted octanol–water partition coefficient (Wildman–Crippen LogP) is 1.39. The Bertz CT molecular complexity index is 359. The Morgan fingerprint density at radius 1 is 1.67 bits per heavy atom. The first-order valence-corrected chi connectivity index (χ1v) is 5.31. The van der Waals surface area contributed by atoms with Crippen molar-refractivity contribution in [3.05, 3.63) is 17.8 Å². The van der Waals surface area contributed by atoms with Crippen LogP contribution < -0.4 is 0 Å². The van der Waals surface area contributed by atoms with Crippen LogP contribution in [0.3, 0.4) is 0 Å². The summed E-state index contributed by atoms with van der Waals surface area (Å²) in [7, 11) is 0. The van der Waals surface area contributed by atoms with E-state index in [9.17, 15) is 4.79 Å². The number of oxazole rings is 1. The van der Waals surface area contributed by atoms with Crippen LogP contribution in [0.1, 0.15) is 25.0 Å². The smallest absolute Gasteiger partial charge is 0.208 e. The number of aromatic nitrogens is 1. The van der Waals surface area contributed by atoms with E-state index in [2.05, 4.69) is 9.88 Å². The number of ketones is 1. The van der Waals surface area contributed by atoms with Gasteiger partial charge in [0, 0.05) is 25.4 Å². The van der Waals surface area contributed by atoms with Gasteiger partial charge in [-0.1, -0.05) is 6.92 Å². The molecule has 82 valence electrons. The zero-order valence-electron chi connectivity index (χ0n) is 9.19. The lowest BCUT2D eigenvalue weighted by atomic mass is 9.99. The maximum absolute atomic E-state index is 11.3. The van der Waals surface area contributed by atoms with Gasteiger partial charge in [-0.3, -0.25) is 9.69 Å². The van der Waals surface area contributed by atoms with E-state index < -0.39 is 0 Å². The van der Waals surface area contributed by atoms with Crippen LogP contribution >= 0.6 is 0 Å². The van der Waals surface area contributed by atoms with Gasteiger partial charge in [0.25, 0.3) is 0 Å². The maximum atomic E-state index is 11.3. The topological polar surface area (TPSA) is 46.3 Å².